The van der Waals surface area contributed by atoms with Crippen molar-refractivity contribution in [1.29, 1.82) is 0 Å². The van der Waals surface area contributed by atoms with Crippen molar-refractivity contribution in [3.63, 3.8) is 0 Å². The van der Waals surface area contributed by atoms with Crippen LogP contribution in [0.1, 0.15) is 11.1 Å². The van der Waals surface area contributed by atoms with E-state index in [1.54, 1.807) is 18.3 Å². The normalized spacial score (nSPS) is 10.7. The molecule has 2 aromatic rings. The van der Waals surface area contributed by atoms with Crippen LogP contribution in [0.4, 0.5) is 0 Å². The molecule has 0 aliphatic heterocycles. The molecule has 0 spiro atoms. The quantitative estimate of drug-likeness (QED) is 0.414. The predicted octanol–water partition coefficient (Wildman–Crippen LogP) is 4.50. The van der Waals surface area contributed by atoms with Crippen LogP contribution in [0.2, 0.25) is 10.0 Å². The zero-order valence-corrected chi connectivity index (χ0v) is 15.6. The molecule has 0 bridgehead atoms. The van der Waals surface area contributed by atoms with Gasteiger partial charge in [-0.1, -0.05) is 45.2 Å². The molecule has 0 saturated heterocycles. The van der Waals surface area contributed by atoms with Gasteiger partial charge >= 0.3 is 0 Å². The lowest BCUT2D eigenvalue weighted by Crippen LogP contribution is -2.24. The van der Waals surface area contributed by atoms with Crippen LogP contribution >= 0.6 is 51.3 Å². The van der Waals surface area contributed by atoms with Gasteiger partial charge in [-0.15, -0.1) is 0 Å². The topological polar surface area (TPSA) is 59.6 Å². The highest BCUT2D eigenvalue weighted by Gasteiger charge is 2.06. The molecule has 0 radical (unpaired) electrons. The summed E-state index contributed by atoms with van der Waals surface area (Å²) < 4.78 is 6.72. The van der Waals surface area contributed by atoms with Gasteiger partial charge < -0.3 is 10.5 Å². The van der Waals surface area contributed by atoms with E-state index >= 15 is 0 Å². The molecular formula is C15H12BrCl2N3OS. The SMILES string of the molecule is NC(=S)NN=Cc1cc(Br)ccc1OCc1ccc(Cl)cc1Cl. The minimum Gasteiger partial charge on any atom is -0.488 e. The molecule has 8 heteroatoms. The van der Waals surface area contributed by atoms with Crippen LogP contribution in [0.3, 0.4) is 0 Å². The van der Waals surface area contributed by atoms with Crippen molar-refractivity contribution >= 4 is 62.7 Å². The lowest BCUT2D eigenvalue weighted by molar-refractivity contribution is 0.306. The van der Waals surface area contributed by atoms with Crippen molar-refractivity contribution in [3.8, 4) is 5.75 Å². The summed E-state index contributed by atoms with van der Waals surface area (Å²) >= 11 is 20.1. The maximum atomic E-state index is 6.14. The molecule has 0 atom stereocenters. The number of rotatable bonds is 5. The summed E-state index contributed by atoms with van der Waals surface area (Å²) in [5, 5.41) is 5.17. The van der Waals surface area contributed by atoms with Gasteiger partial charge in [-0.3, -0.25) is 5.43 Å². The fourth-order valence-electron chi connectivity index (χ4n) is 1.71. The molecule has 0 fully saturated rings. The average Bonchev–Trinajstić information content (AvgIpc) is 2.47. The van der Waals surface area contributed by atoms with Gasteiger partial charge in [-0.05, 0) is 42.5 Å². The predicted molar refractivity (Wildman–Crippen MR) is 102 cm³/mol. The molecule has 3 N–H and O–H groups in total. The van der Waals surface area contributed by atoms with Crippen LogP contribution in [0.15, 0.2) is 46.0 Å². The largest absolute Gasteiger partial charge is 0.488 e. The van der Waals surface area contributed by atoms with E-state index in [0.717, 1.165) is 15.6 Å². The van der Waals surface area contributed by atoms with Gasteiger partial charge in [0.25, 0.3) is 0 Å². The molecular weight excluding hydrogens is 421 g/mol. The van der Waals surface area contributed by atoms with E-state index in [9.17, 15) is 0 Å². The van der Waals surface area contributed by atoms with Gasteiger partial charge in [0.15, 0.2) is 5.11 Å². The Morgan fingerprint density at radius 3 is 2.78 bits per heavy atom. The molecule has 0 aliphatic rings. The van der Waals surface area contributed by atoms with Crippen molar-refractivity contribution in [3.05, 3.63) is 62.0 Å². The Kier molecular flexibility index (Phi) is 6.65. The molecule has 0 heterocycles. The van der Waals surface area contributed by atoms with Crippen LogP contribution in [0.25, 0.3) is 0 Å². The standard InChI is InChI=1S/C15H12BrCl2N3OS/c16-11-2-4-14(10(5-11)7-20-21-15(19)23)22-8-9-1-3-12(17)6-13(9)18/h1-7H,8H2,(H3,19,21,23). The van der Waals surface area contributed by atoms with Crippen molar-refractivity contribution in [2.24, 2.45) is 10.8 Å². The van der Waals surface area contributed by atoms with Crippen LogP contribution in [-0.2, 0) is 6.61 Å². The number of benzene rings is 2. The first kappa shape index (κ1) is 18.0. The van der Waals surface area contributed by atoms with E-state index in [2.05, 4.69) is 26.5 Å². The zero-order chi connectivity index (χ0) is 16.8. The first-order valence-corrected chi connectivity index (χ1v) is 8.36. The second kappa shape index (κ2) is 8.49. The number of ether oxygens (including phenoxy) is 1. The summed E-state index contributed by atoms with van der Waals surface area (Å²) in [6.07, 6.45) is 1.57. The summed E-state index contributed by atoms with van der Waals surface area (Å²) in [5.74, 6) is 0.646. The van der Waals surface area contributed by atoms with E-state index < -0.39 is 0 Å². The first-order valence-electron chi connectivity index (χ1n) is 6.40. The maximum absolute atomic E-state index is 6.14. The van der Waals surface area contributed by atoms with E-state index in [1.807, 2.05) is 24.3 Å². The van der Waals surface area contributed by atoms with Gasteiger partial charge in [0.05, 0.1) is 6.21 Å². The highest BCUT2D eigenvalue weighted by atomic mass is 79.9. The van der Waals surface area contributed by atoms with E-state index in [4.69, 9.17) is 45.9 Å². The third kappa shape index (κ3) is 5.66. The van der Waals surface area contributed by atoms with Crippen LogP contribution in [-0.4, -0.2) is 11.3 Å². The molecule has 0 amide bonds. The Morgan fingerprint density at radius 1 is 1.30 bits per heavy atom. The summed E-state index contributed by atoms with van der Waals surface area (Å²) in [5.41, 5.74) is 9.42. The fraction of sp³-hybridized carbons (Fsp3) is 0.0667. The molecule has 120 valence electrons. The third-order valence-electron chi connectivity index (χ3n) is 2.75. The summed E-state index contributed by atoms with van der Waals surface area (Å²) in [4.78, 5) is 0. The Balaban J connectivity index is 2.15. The summed E-state index contributed by atoms with van der Waals surface area (Å²) in [7, 11) is 0. The Bertz CT molecular complexity index is 755. The van der Waals surface area contributed by atoms with Gasteiger partial charge in [0, 0.05) is 25.6 Å². The smallest absolute Gasteiger partial charge is 0.184 e. The summed E-state index contributed by atoms with van der Waals surface area (Å²) in [6.45, 7) is 0.307. The van der Waals surface area contributed by atoms with Gasteiger partial charge in [-0.25, -0.2) is 0 Å². The average molecular weight is 433 g/mol. The number of halogens is 3. The van der Waals surface area contributed by atoms with E-state index in [0.29, 0.717) is 22.4 Å². The highest BCUT2D eigenvalue weighted by Crippen LogP contribution is 2.25. The van der Waals surface area contributed by atoms with Crippen molar-refractivity contribution < 1.29 is 4.74 Å². The lowest BCUT2D eigenvalue weighted by Gasteiger charge is -2.11. The first-order chi connectivity index (χ1) is 11.0. The number of nitrogens with one attached hydrogen (secondary N) is 1. The Hall–Kier alpha value is -1.34. The molecule has 4 nitrogen and oxygen atoms in total. The summed E-state index contributed by atoms with van der Waals surface area (Å²) in [6, 6.07) is 10.8. The second-order valence-corrected chi connectivity index (χ2v) is 6.64. The molecule has 0 aromatic heterocycles. The van der Waals surface area contributed by atoms with E-state index in [-0.39, 0.29) is 5.11 Å². The van der Waals surface area contributed by atoms with Crippen LogP contribution in [0, 0.1) is 0 Å². The monoisotopic (exact) mass is 431 g/mol. The molecule has 23 heavy (non-hydrogen) atoms. The number of nitrogens with two attached hydrogens (primary N) is 1. The van der Waals surface area contributed by atoms with E-state index in [1.165, 1.54) is 0 Å². The molecule has 2 rings (SSSR count). The number of thiocarbonyl (C=S) groups is 1. The minimum atomic E-state index is 0.0895. The van der Waals surface area contributed by atoms with Crippen LogP contribution < -0.4 is 15.9 Å². The van der Waals surface area contributed by atoms with Gasteiger partial charge in [0.2, 0.25) is 0 Å². The number of nitrogens with zero attached hydrogens (tertiary/aromatic N) is 1. The number of hydrazone groups is 1. The Morgan fingerprint density at radius 2 is 2.09 bits per heavy atom. The molecule has 0 unspecified atom stereocenters. The number of hydrogen-bond donors (Lipinski definition) is 2. The van der Waals surface area contributed by atoms with Crippen LogP contribution in [0.5, 0.6) is 5.75 Å². The van der Waals surface area contributed by atoms with Crippen molar-refractivity contribution in [2.75, 3.05) is 0 Å². The lowest BCUT2D eigenvalue weighted by atomic mass is 10.2. The highest BCUT2D eigenvalue weighted by molar-refractivity contribution is 9.10. The van der Waals surface area contributed by atoms with Gasteiger partial charge in [-0.2, -0.15) is 5.10 Å². The maximum Gasteiger partial charge on any atom is 0.184 e. The third-order valence-corrected chi connectivity index (χ3v) is 3.92. The second-order valence-electron chi connectivity index (χ2n) is 4.44. The molecule has 0 aliphatic carbocycles. The minimum absolute atomic E-state index is 0.0895. The van der Waals surface area contributed by atoms with Gasteiger partial charge in [0.1, 0.15) is 12.4 Å². The number of hydrogen-bond acceptors (Lipinski definition) is 3. The molecule has 2 aromatic carbocycles. The molecule has 0 saturated carbocycles. The van der Waals surface area contributed by atoms with Crippen molar-refractivity contribution in [2.45, 2.75) is 6.61 Å². The Labute approximate surface area is 157 Å². The van der Waals surface area contributed by atoms with Crippen molar-refractivity contribution in [1.82, 2.24) is 5.43 Å². The zero-order valence-electron chi connectivity index (χ0n) is 11.7. The fourth-order valence-corrected chi connectivity index (χ4v) is 2.61.